The fraction of sp³-hybridized carbons (Fsp3) is 0.286. The second-order valence-corrected chi connectivity index (χ2v) is 4.87. The zero-order valence-electron chi connectivity index (χ0n) is 10.8. The molecule has 5 heteroatoms. The van der Waals surface area contributed by atoms with Gasteiger partial charge in [-0.15, -0.1) is 0 Å². The Morgan fingerprint density at radius 2 is 2.00 bits per heavy atom. The summed E-state index contributed by atoms with van der Waals surface area (Å²) in [5.74, 6) is 1.70. The minimum Gasteiger partial charge on any atom is -0.453 e. The summed E-state index contributed by atoms with van der Waals surface area (Å²) < 4.78 is 10.9. The van der Waals surface area contributed by atoms with Crippen LogP contribution in [0.4, 0.5) is 0 Å². The van der Waals surface area contributed by atoms with Crippen LogP contribution in [0.5, 0.6) is 0 Å². The van der Waals surface area contributed by atoms with Crippen molar-refractivity contribution >= 4 is 11.0 Å². The van der Waals surface area contributed by atoms with E-state index in [-0.39, 0.29) is 12.0 Å². The molecule has 3 aromatic rings. The SMILES string of the molecule is CC(C)C(N)c1nc(-c2cc3ccccc3o2)no1. The summed E-state index contributed by atoms with van der Waals surface area (Å²) in [7, 11) is 0. The van der Waals surface area contributed by atoms with E-state index in [1.165, 1.54) is 0 Å². The summed E-state index contributed by atoms with van der Waals surface area (Å²) in [6, 6.07) is 9.39. The number of rotatable bonds is 3. The topological polar surface area (TPSA) is 78.1 Å². The van der Waals surface area contributed by atoms with Crippen LogP contribution in [0.3, 0.4) is 0 Å². The van der Waals surface area contributed by atoms with Crippen molar-refractivity contribution in [3.8, 4) is 11.6 Å². The number of nitrogens with two attached hydrogens (primary N) is 1. The minimum atomic E-state index is -0.259. The molecule has 0 aliphatic carbocycles. The van der Waals surface area contributed by atoms with Gasteiger partial charge in [-0.1, -0.05) is 37.2 Å². The Hall–Kier alpha value is -2.14. The fourth-order valence-electron chi connectivity index (χ4n) is 1.85. The maximum atomic E-state index is 5.98. The lowest BCUT2D eigenvalue weighted by molar-refractivity contribution is 0.324. The molecule has 0 saturated carbocycles. The molecule has 98 valence electrons. The second kappa shape index (κ2) is 4.51. The molecule has 2 N–H and O–H groups in total. The van der Waals surface area contributed by atoms with Crippen molar-refractivity contribution in [1.29, 1.82) is 0 Å². The molecule has 0 spiro atoms. The van der Waals surface area contributed by atoms with Gasteiger partial charge in [0.25, 0.3) is 0 Å². The third-order valence-electron chi connectivity index (χ3n) is 3.09. The summed E-state index contributed by atoms with van der Waals surface area (Å²) in [5.41, 5.74) is 6.78. The van der Waals surface area contributed by atoms with E-state index in [1.54, 1.807) is 0 Å². The van der Waals surface area contributed by atoms with Gasteiger partial charge in [0.05, 0.1) is 6.04 Å². The largest absolute Gasteiger partial charge is 0.453 e. The monoisotopic (exact) mass is 257 g/mol. The van der Waals surface area contributed by atoms with Gasteiger partial charge < -0.3 is 14.7 Å². The zero-order valence-corrected chi connectivity index (χ0v) is 10.8. The number of hydrogen-bond acceptors (Lipinski definition) is 5. The Labute approximate surface area is 110 Å². The fourth-order valence-corrected chi connectivity index (χ4v) is 1.85. The van der Waals surface area contributed by atoms with Crippen LogP contribution in [0.2, 0.25) is 0 Å². The highest BCUT2D eigenvalue weighted by atomic mass is 16.5. The summed E-state index contributed by atoms with van der Waals surface area (Å²) in [4.78, 5) is 4.30. The molecule has 19 heavy (non-hydrogen) atoms. The van der Waals surface area contributed by atoms with Gasteiger partial charge in [-0.2, -0.15) is 4.98 Å². The predicted molar refractivity (Wildman–Crippen MR) is 71.3 cm³/mol. The number of hydrogen-bond donors (Lipinski definition) is 1. The Morgan fingerprint density at radius 3 is 2.74 bits per heavy atom. The third-order valence-corrected chi connectivity index (χ3v) is 3.09. The summed E-state index contributed by atoms with van der Waals surface area (Å²) >= 11 is 0. The van der Waals surface area contributed by atoms with Gasteiger partial charge >= 0.3 is 0 Å². The molecule has 0 fully saturated rings. The Morgan fingerprint density at radius 1 is 1.21 bits per heavy atom. The van der Waals surface area contributed by atoms with Gasteiger partial charge in [0.2, 0.25) is 11.7 Å². The molecule has 3 rings (SSSR count). The average molecular weight is 257 g/mol. The molecule has 2 heterocycles. The predicted octanol–water partition coefficient (Wildman–Crippen LogP) is 3.14. The molecule has 0 bridgehead atoms. The molecule has 0 aliphatic rings. The van der Waals surface area contributed by atoms with E-state index in [4.69, 9.17) is 14.7 Å². The first-order chi connectivity index (χ1) is 9.15. The van der Waals surface area contributed by atoms with E-state index < -0.39 is 0 Å². The van der Waals surface area contributed by atoms with Crippen molar-refractivity contribution in [3.05, 3.63) is 36.2 Å². The van der Waals surface area contributed by atoms with Crippen LogP contribution in [-0.2, 0) is 0 Å². The van der Waals surface area contributed by atoms with Crippen LogP contribution in [0.15, 0.2) is 39.3 Å². The number of furan rings is 1. The zero-order chi connectivity index (χ0) is 13.4. The third kappa shape index (κ3) is 2.13. The molecule has 1 atom stereocenters. The van der Waals surface area contributed by atoms with Gasteiger partial charge in [0, 0.05) is 5.39 Å². The summed E-state index contributed by atoms with van der Waals surface area (Å²) in [5, 5.41) is 4.94. The lowest BCUT2D eigenvalue weighted by Gasteiger charge is -2.08. The molecule has 1 unspecified atom stereocenters. The number of para-hydroxylation sites is 1. The molecule has 0 radical (unpaired) electrons. The van der Waals surface area contributed by atoms with Gasteiger partial charge in [-0.05, 0) is 18.1 Å². The van der Waals surface area contributed by atoms with Crippen molar-refractivity contribution in [2.45, 2.75) is 19.9 Å². The first-order valence-electron chi connectivity index (χ1n) is 6.23. The van der Waals surface area contributed by atoms with E-state index >= 15 is 0 Å². The molecular weight excluding hydrogens is 242 g/mol. The van der Waals surface area contributed by atoms with Crippen LogP contribution in [0, 0.1) is 5.92 Å². The highest BCUT2D eigenvalue weighted by Crippen LogP contribution is 2.27. The van der Waals surface area contributed by atoms with Gasteiger partial charge in [0.15, 0.2) is 5.76 Å². The van der Waals surface area contributed by atoms with Crippen molar-refractivity contribution < 1.29 is 8.94 Å². The Bertz CT molecular complexity index is 666. The van der Waals surface area contributed by atoms with Crippen LogP contribution in [0.1, 0.15) is 25.8 Å². The van der Waals surface area contributed by atoms with Gasteiger partial charge in [0.1, 0.15) is 5.58 Å². The highest BCUT2D eigenvalue weighted by molar-refractivity contribution is 5.81. The van der Waals surface area contributed by atoms with Gasteiger partial charge in [-0.25, -0.2) is 0 Å². The first kappa shape index (κ1) is 11.9. The van der Waals surface area contributed by atoms with E-state index in [9.17, 15) is 0 Å². The molecule has 0 amide bonds. The lowest BCUT2D eigenvalue weighted by Crippen LogP contribution is -2.16. The van der Waals surface area contributed by atoms with E-state index in [2.05, 4.69) is 10.1 Å². The number of nitrogens with zero attached hydrogens (tertiary/aromatic N) is 2. The Kier molecular flexibility index (Phi) is 2.83. The maximum Gasteiger partial charge on any atom is 0.244 e. The molecular formula is C14H15N3O2. The molecule has 5 nitrogen and oxygen atoms in total. The molecule has 2 aromatic heterocycles. The molecule has 1 aromatic carbocycles. The summed E-state index contributed by atoms with van der Waals surface area (Å²) in [6.45, 7) is 4.02. The van der Waals surface area contributed by atoms with Crippen molar-refractivity contribution in [2.24, 2.45) is 11.7 Å². The quantitative estimate of drug-likeness (QED) is 0.779. The number of benzene rings is 1. The number of fused-ring (bicyclic) bond motifs is 1. The normalized spacial score (nSPS) is 13.3. The standard InChI is InChI=1S/C14H15N3O2/c1-8(2)12(15)14-16-13(17-19-14)11-7-9-5-3-4-6-10(9)18-11/h3-8,12H,15H2,1-2H3. The van der Waals surface area contributed by atoms with Gasteiger partial charge in [-0.3, -0.25) is 0 Å². The van der Waals surface area contributed by atoms with E-state index in [0.29, 0.717) is 17.5 Å². The van der Waals surface area contributed by atoms with Crippen molar-refractivity contribution in [2.75, 3.05) is 0 Å². The molecule has 0 saturated heterocycles. The van der Waals surface area contributed by atoms with Crippen molar-refractivity contribution in [3.63, 3.8) is 0 Å². The van der Waals surface area contributed by atoms with Crippen LogP contribution >= 0.6 is 0 Å². The van der Waals surface area contributed by atoms with E-state index in [0.717, 1.165) is 11.0 Å². The van der Waals surface area contributed by atoms with Crippen molar-refractivity contribution in [1.82, 2.24) is 10.1 Å². The smallest absolute Gasteiger partial charge is 0.244 e. The summed E-state index contributed by atoms with van der Waals surface area (Å²) in [6.07, 6.45) is 0. The van der Waals surface area contributed by atoms with Crippen LogP contribution in [-0.4, -0.2) is 10.1 Å². The van der Waals surface area contributed by atoms with E-state index in [1.807, 2.05) is 44.2 Å². The Balaban J connectivity index is 1.98. The molecule has 0 aliphatic heterocycles. The van der Waals surface area contributed by atoms with Crippen LogP contribution < -0.4 is 5.73 Å². The van der Waals surface area contributed by atoms with Crippen LogP contribution in [0.25, 0.3) is 22.6 Å². The highest BCUT2D eigenvalue weighted by Gasteiger charge is 2.20. The second-order valence-electron chi connectivity index (χ2n) is 4.87. The minimum absolute atomic E-state index is 0.240. The average Bonchev–Trinajstić information content (AvgIpc) is 3.03. The lowest BCUT2D eigenvalue weighted by atomic mass is 10.1. The maximum absolute atomic E-state index is 5.98. The first-order valence-corrected chi connectivity index (χ1v) is 6.23. The number of aromatic nitrogens is 2.